The highest BCUT2D eigenvalue weighted by Gasteiger charge is 2.35. The van der Waals surface area contributed by atoms with E-state index in [1.54, 1.807) is 11.3 Å². The van der Waals surface area contributed by atoms with E-state index in [0.717, 1.165) is 16.8 Å². The zero-order valence-corrected chi connectivity index (χ0v) is 17.8. The summed E-state index contributed by atoms with van der Waals surface area (Å²) in [6.45, 7) is 3.39. The molecule has 0 radical (unpaired) electrons. The molecule has 6 rings (SSSR count). The molecule has 1 aromatic heterocycles. The number of rotatable bonds is 4. The van der Waals surface area contributed by atoms with Crippen LogP contribution in [0.15, 0.2) is 48.5 Å². The zero-order chi connectivity index (χ0) is 20.0. The maximum Gasteiger partial charge on any atom is 0.261 e. The van der Waals surface area contributed by atoms with E-state index in [9.17, 15) is 4.79 Å². The first-order valence-corrected chi connectivity index (χ1v) is 11.2. The second-order valence-corrected chi connectivity index (χ2v) is 9.55. The summed E-state index contributed by atoms with van der Waals surface area (Å²) in [4.78, 5) is 18.4. The Bertz CT molecular complexity index is 1030. The summed E-state index contributed by atoms with van der Waals surface area (Å²) in [6, 6.07) is 17.3. The molecule has 3 aromatic rings. The summed E-state index contributed by atoms with van der Waals surface area (Å²) < 4.78 is 1.18. The van der Waals surface area contributed by atoms with E-state index in [2.05, 4.69) is 71.7 Å². The van der Waals surface area contributed by atoms with Crippen LogP contribution in [0.5, 0.6) is 0 Å². The van der Waals surface area contributed by atoms with Crippen LogP contribution in [0.4, 0.5) is 5.69 Å². The molecule has 29 heavy (non-hydrogen) atoms. The van der Waals surface area contributed by atoms with Gasteiger partial charge in [0.25, 0.3) is 5.91 Å². The van der Waals surface area contributed by atoms with E-state index in [0.29, 0.717) is 12.0 Å². The van der Waals surface area contributed by atoms with Gasteiger partial charge >= 0.3 is 0 Å². The number of nitrogens with zero attached hydrogens (tertiary/aromatic N) is 2. The van der Waals surface area contributed by atoms with Crippen molar-refractivity contribution >= 4 is 33.0 Å². The number of amides is 1. The molecule has 0 aliphatic carbocycles. The van der Waals surface area contributed by atoms with Gasteiger partial charge in [-0.2, -0.15) is 0 Å². The maximum absolute atomic E-state index is 13.0. The number of thiophene rings is 1. The van der Waals surface area contributed by atoms with Gasteiger partial charge in [-0.15, -0.1) is 11.3 Å². The van der Waals surface area contributed by atoms with Crippen molar-refractivity contribution in [3.63, 3.8) is 0 Å². The third-order valence-electron chi connectivity index (χ3n) is 6.44. The molecule has 3 saturated heterocycles. The molecule has 3 fully saturated rings. The minimum atomic E-state index is 0.0823. The van der Waals surface area contributed by atoms with E-state index >= 15 is 0 Å². The molecule has 1 unspecified atom stereocenters. The molecule has 150 valence electrons. The Morgan fingerprint density at radius 1 is 1.10 bits per heavy atom. The van der Waals surface area contributed by atoms with Gasteiger partial charge in [0, 0.05) is 37.1 Å². The molecular weight excluding hydrogens is 378 g/mol. The van der Waals surface area contributed by atoms with Crippen molar-refractivity contribution < 1.29 is 4.79 Å². The van der Waals surface area contributed by atoms with Gasteiger partial charge in [-0.3, -0.25) is 4.79 Å². The molecule has 4 heterocycles. The van der Waals surface area contributed by atoms with E-state index in [1.165, 1.54) is 47.4 Å². The molecule has 3 aliphatic heterocycles. The molecule has 1 atom stereocenters. The number of carbonyl (C=O) groups is 1. The largest absolute Gasteiger partial charge is 0.378 e. The van der Waals surface area contributed by atoms with Crippen molar-refractivity contribution in [1.29, 1.82) is 0 Å². The monoisotopic (exact) mass is 405 g/mol. The quantitative estimate of drug-likeness (QED) is 0.696. The number of nitrogens with one attached hydrogen (secondary N) is 1. The summed E-state index contributed by atoms with van der Waals surface area (Å²) in [5.74, 6) is 0.725. The fraction of sp³-hybridized carbons (Fsp3) is 0.375. The predicted molar refractivity (Wildman–Crippen MR) is 122 cm³/mol. The average molecular weight is 406 g/mol. The lowest BCUT2D eigenvalue weighted by Crippen LogP contribution is -2.57. The summed E-state index contributed by atoms with van der Waals surface area (Å²) in [7, 11) is 4.10. The SMILES string of the molecule is CN(C)c1ccc(-c2cccc3cc(C(=O)NC4CN5CCC4CC5)sc23)cc1. The third kappa shape index (κ3) is 3.53. The number of benzene rings is 2. The van der Waals surface area contributed by atoms with E-state index < -0.39 is 0 Å². The second-order valence-electron chi connectivity index (χ2n) is 8.49. The minimum Gasteiger partial charge on any atom is -0.378 e. The van der Waals surface area contributed by atoms with Crippen molar-refractivity contribution in [2.45, 2.75) is 18.9 Å². The van der Waals surface area contributed by atoms with Crippen LogP contribution in [0.1, 0.15) is 22.5 Å². The summed E-state index contributed by atoms with van der Waals surface area (Å²) >= 11 is 1.61. The van der Waals surface area contributed by atoms with Gasteiger partial charge in [0.2, 0.25) is 0 Å². The van der Waals surface area contributed by atoms with E-state index in [-0.39, 0.29) is 5.91 Å². The molecule has 0 spiro atoms. The molecule has 5 heteroatoms. The van der Waals surface area contributed by atoms with Gasteiger partial charge in [-0.25, -0.2) is 0 Å². The zero-order valence-electron chi connectivity index (χ0n) is 17.0. The Balaban J connectivity index is 1.41. The van der Waals surface area contributed by atoms with Crippen LogP contribution in [0, 0.1) is 5.92 Å². The van der Waals surface area contributed by atoms with Gasteiger partial charge in [0.15, 0.2) is 0 Å². The first kappa shape index (κ1) is 18.6. The van der Waals surface area contributed by atoms with Gasteiger partial charge in [0.1, 0.15) is 0 Å². The Morgan fingerprint density at radius 2 is 1.86 bits per heavy atom. The lowest BCUT2D eigenvalue weighted by molar-refractivity contribution is 0.0622. The van der Waals surface area contributed by atoms with Crippen LogP contribution < -0.4 is 10.2 Å². The minimum absolute atomic E-state index is 0.0823. The van der Waals surface area contributed by atoms with Crippen LogP contribution in [-0.4, -0.2) is 50.6 Å². The van der Waals surface area contributed by atoms with Crippen LogP contribution in [0.25, 0.3) is 21.2 Å². The van der Waals surface area contributed by atoms with Gasteiger partial charge in [-0.05, 0) is 66.6 Å². The number of fused-ring (bicyclic) bond motifs is 4. The molecule has 2 bridgehead atoms. The van der Waals surface area contributed by atoms with Crippen molar-refractivity contribution in [3.8, 4) is 11.1 Å². The highest BCUT2D eigenvalue weighted by Crippen LogP contribution is 2.36. The first-order chi connectivity index (χ1) is 14.1. The molecule has 1 amide bonds. The number of carbonyl (C=O) groups excluding carboxylic acids is 1. The molecule has 1 N–H and O–H groups in total. The van der Waals surface area contributed by atoms with Gasteiger partial charge < -0.3 is 15.1 Å². The topological polar surface area (TPSA) is 35.6 Å². The highest BCUT2D eigenvalue weighted by atomic mass is 32.1. The normalized spacial score (nSPS) is 23.3. The summed E-state index contributed by atoms with van der Waals surface area (Å²) in [5, 5.41) is 4.47. The molecule has 0 saturated carbocycles. The van der Waals surface area contributed by atoms with E-state index in [4.69, 9.17) is 0 Å². The van der Waals surface area contributed by atoms with Crippen LogP contribution in [0.3, 0.4) is 0 Å². The fourth-order valence-electron chi connectivity index (χ4n) is 4.71. The average Bonchev–Trinajstić information content (AvgIpc) is 3.19. The van der Waals surface area contributed by atoms with Crippen LogP contribution in [0.2, 0.25) is 0 Å². The van der Waals surface area contributed by atoms with Crippen molar-refractivity contribution in [2.75, 3.05) is 38.6 Å². The maximum atomic E-state index is 13.0. The van der Waals surface area contributed by atoms with Gasteiger partial charge in [0.05, 0.1) is 4.88 Å². The standard InChI is InChI=1S/C24H27N3OS/c1-26(2)19-8-6-16(7-9-19)20-5-3-4-18-14-22(29-23(18)20)24(28)25-21-15-27-12-10-17(21)11-13-27/h3-9,14,17,21H,10-13,15H2,1-2H3,(H,25,28). The van der Waals surface area contributed by atoms with Crippen molar-refractivity contribution in [2.24, 2.45) is 5.92 Å². The van der Waals surface area contributed by atoms with Crippen molar-refractivity contribution in [1.82, 2.24) is 10.2 Å². The molecule has 3 aliphatic rings. The van der Waals surface area contributed by atoms with Crippen LogP contribution >= 0.6 is 11.3 Å². The lowest BCUT2D eigenvalue weighted by atomic mass is 9.84. The second kappa shape index (κ2) is 7.47. The van der Waals surface area contributed by atoms with E-state index in [1.807, 2.05) is 6.07 Å². The Hall–Kier alpha value is -2.37. The Kier molecular flexibility index (Phi) is 4.80. The first-order valence-electron chi connectivity index (χ1n) is 10.4. The van der Waals surface area contributed by atoms with Crippen LogP contribution in [-0.2, 0) is 0 Å². The fourth-order valence-corrected chi connectivity index (χ4v) is 5.81. The number of hydrogen-bond acceptors (Lipinski definition) is 4. The predicted octanol–water partition coefficient (Wildman–Crippen LogP) is 4.46. The smallest absolute Gasteiger partial charge is 0.261 e. The summed E-state index contributed by atoms with van der Waals surface area (Å²) in [5.41, 5.74) is 3.57. The lowest BCUT2D eigenvalue weighted by Gasteiger charge is -2.44. The molecule has 4 nitrogen and oxygen atoms in total. The van der Waals surface area contributed by atoms with Gasteiger partial charge in [-0.1, -0.05) is 30.3 Å². The molecule has 2 aromatic carbocycles. The third-order valence-corrected chi connectivity index (χ3v) is 7.62. The number of hydrogen-bond donors (Lipinski definition) is 1. The summed E-state index contributed by atoms with van der Waals surface area (Å²) in [6.07, 6.45) is 2.43. The number of anilines is 1. The molecular formula is C24H27N3OS. The van der Waals surface area contributed by atoms with Crippen molar-refractivity contribution in [3.05, 3.63) is 53.4 Å². The number of piperidine rings is 3. The highest BCUT2D eigenvalue weighted by molar-refractivity contribution is 7.21. The Morgan fingerprint density at radius 3 is 2.52 bits per heavy atom. The Labute approximate surface area is 176 Å².